The van der Waals surface area contributed by atoms with Crippen LogP contribution in [0, 0.1) is 0 Å². The topological polar surface area (TPSA) is 26.0 Å². The number of rotatable bonds is 2. The van der Waals surface area contributed by atoms with Crippen molar-refractivity contribution in [2.24, 2.45) is 0 Å². The summed E-state index contributed by atoms with van der Waals surface area (Å²) in [6.45, 7) is 2.07. The van der Waals surface area contributed by atoms with Crippen molar-refractivity contribution in [2.45, 2.75) is 12.8 Å². The second kappa shape index (κ2) is 4.99. The largest absolute Gasteiger partial charge is 0.398 e. The lowest BCUT2D eigenvalue weighted by Crippen LogP contribution is -2.01. The van der Waals surface area contributed by atoms with E-state index in [1.54, 1.807) is 6.07 Å². The third kappa shape index (κ3) is 2.56. The zero-order valence-corrected chi connectivity index (χ0v) is 11.0. The van der Waals surface area contributed by atoms with Gasteiger partial charge in [0.15, 0.2) is 0 Å². The molecule has 0 fully saturated rings. The van der Waals surface area contributed by atoms with Crippen LogP contribution in [-0.4, -0.2) is 0 Å². The molecule has 0 aromatic heterocycles. The van der Waals surface area contributed by atoms with Crippen molar-refractivity contribution in [3.63, 3.8) is 0 Å². The highest BCUT2D eigenvalue weighted by molar-refractivity contribution is 6.31. The molecule has 0 bridgehead atoms. The number of hydrogen-bond donors (Lipinski definition) is 1. The molecule has 3 heteroatoms. The minimum absolute atomic E-state index is 0.127. The van der Waals surface area contributed by atoms with E-state index >= 15 is 0 Å². The van der Waals surface area contributed by atoms with Gasteiger partial charge in [0.2, 0.25) is 0 Å². The van der Waals surface area contributed by atoms with Crippen LogP contribution in [0.4, 0.5) is 5.69 Å². The van der Waals surface area contributed by atoms with Crippen LogP contribution in [0.1, 0.15) is 24.0 Å². The van der Waals surface area contributed by atoms with Gasteiger partial charge in [-0.15, -0.1) is 0 Å². The molecule has 0 heterocycles. The van der Waals surface area contributed by atoms with Crippen LogP contribution in [0.2, 0.25) is 10.0 Å². The van der Waals surface area contributed by atoms with Gasteiger partial charge in [-0.1, -0.05) is 48.3 Å². The molecule has 1 nitrogen and oxygen atoms in total. The maximum absolute atomic E-state index is 6.19. The third-order valence-electron chi connectivity index (χ3n) is 2.89. The van der Waals surface area contributed by atoms with Crippen molar-refractivity contribution < 1.29 is 0 Å². The Morgan fingerprint density at radius 3 is 2.41 bits per heavy atom. The minimum atomic E-state index is 0.127. The zero-order chi connectivity index (χ0) is 12.4. The van der Waals surface area contributed by atoms with E-state index in [9.17, 15) is 0 Å². The molecule has 0 spiro atoms. The Bertz CT molecular complexity index is 537. The van der Waals surface area contributed by atoms with E-state index < -0.39 is 0 Å². The van der Waals surface area contributed by atoms with Gasteiger partial charge in [-0.3, -0.25) is 0 Å². The first-order valence-electron chi connectivity index (χ1n) is 5.39. The molecule has 17 heavy (non-hydrogen) atoms. The number of nitrogens with two attached hydrogens (primary N) is 1. The summed E-state index contributed by atoms with van der Waals surface area (Å²) in [4.78, 5) is 0. The van der Waals surface area contributed by atoms with Gasteiger partial charge in [0.25, 0.3) is 0 Å². The lowest BCUT2D eigenvalue weighted by molar-refractivity contribution is 0.926. The minimum Gasteiger partial charge on any atom is -0.398 e. The van der Waals surface area contributed by atoms with Crippen molar-refractivity contribution in [1.29, 1.82) is 0 Å². The summed E-state index contributed by atoms with van der Waals surface area (Å²) in [6.07, 6.45) is 0. The van der Waals surface area contributed by atoms with E-state index in [1.807, 2.05) is 36.4 Å². The summed E-state index contributed by atoms with van der Waals surface area (Å²) in [5.74, 6) is 0.127. The molecular weight excluding hydrogens is 253 g/mol. The van der Waals surface area contributed by atoms with Gasteiger partial charge in [-0.25, -0.2) is 0 Å². The number of benzene rings is 2. The molecule has 0 saturated heterocycles. The predicted molar refractivity (Wildman–Crippen MR) is 74.8 cm³/mol. The molecule has 2 N–H and O–H groups in total. The lowest BCUT2D eigenvalue weighted by atomic mass is 9.92. The molecule has 0 amide bonds. The Labute approximate surface area is 111 Å². The number of anilines is 1. The molecule has 2 aromatic carbocycles. The highest BCUT2D eigenvalue weighted by atomic mass is 35.5. The fraction of sp³-hybridized carbons (Fsp3) is 0.143. The molecule has 0 radical (unpaired) electrons. The quantitative estimate of drug-likeness (QED) is 0.781. The van der Waals surface area contributed by atoms with Crippen molar-refractivity contribution in [3.8, 4) is 0 Å². The van der Waals surface area contributed by atoms with Crippen LogP contribution in [0.25, 0.3) is 0 Å². The molecule has 0 aliphatic heterocycles. The number of halogens is 2. The molecular formula is C14H13Cl2N. The van der Waals surface area contributed by atoms with Gasteiger partial charge in [0.05, 0.1) is 0 Å². The highest BCUT2D eigenvalue weighted by Crippen LogP contribution is 2.33. The van der Waals surface area contributed by atoms with Crippen molar-refractivity contribution in [1.82, 2.24) is 0 Å². The van der Waals surface area contributed by atoms with Crippen LogP contribution in [0.3, 0.4) is 0 Å². The monoisotopic (exact) mass is 265 g/mol. The fourth-order valence-electron chi connectivity index (χ4n) is 1.91. The smallest absolute Gasteiger partial charge is 0.0444 e. The molecule has 2 aromatic rings. The predicted octanol–water partition coefficient (Wildman–Crippen LogP) is 4.73. The second-order valence-corrected chi connectivity index (χ2v) is 4.86. The molecule has 2 rings (SSSR count). The molecule has 88 valence electrons. The molecule has 0 aliphatic carbocycles. The summed E-state index contributed by atoms with van der Waals surface area (Å²) in [5, 5.41) is 1.44. The standard InChI is InChI=1S/C14H13Cl2N/c1-9(11-4-2-3-5-13(11)16)12-8-10(15)6-7-14(12)17/h2-9H,17H2,1H3/t9-/m0/s1. The van der Waals surface area contributed by atoms with Crippen molar-refractivity contribution in [3.05, 3.63) is 63.6 Å². The molecule has 0 aliphatic rings. The van der Waals surface area contributed by atoms with E-state index in [-0.39, 0.29) is 5.92 Å². The van der Waals surface area contributed by atoms with Crippen LogP contribution in [-0.2, 0) is 0 Å². The number of nitrogen functional groups attached to an aromatic ring is 1. The van der Waals surface area contributed by atoms with E-state index in [4.69, 9.17) is 28.9 Å². The summed E-state index contributed by atoms with van der Waals surface area (Å²) in [6, 6.07) is 13.3. The Balaban J connectivity index is 2.47. The Kier molecular flexibility index (Phi) is 3.60. The van der Waals surface area contributed by atoms with E-state index in [0.717, 1.165) is 21.8 Å². The SMILES string of the molecule is C[C@H](c1cc(Cl)ccc1N)c1ccccc1Cl. The van der Waals surface area contributed by atoms with E-state index in [0.29, 0.717) is 5.02 Å². The van der Waals surface area contributed by atoms with Crippen molar-refractivity contribution >= 4 is 28.9 Å². The van der Waals surface area contributed by atoms with Crippen molar-refractivity contribution in [2.75, 3.05) is 5.73 Å². The van der Waals surface area contributed by atoms with Crippen LogP contribution in [0.5, 0.6) is 0 Å². The first kappa shape index (κ1) is 12.3. The second-order valence-electron chi connectivity index (χ2n) is 4.02. The highest BCUT2D eigenvalue weighted by Gasteiger charge is 2.14. The first-order valence-corrected chi connectivity index (χ1v) is 6.14. The van der Waals surface area contributed by atoms with Gasteiger partial charge in [-0.2, -0.15) is 0 Å². The Morgan fingerprint density at radius 2 is 1.71 bits per heavy atom. The Morgan fingerprint density at radius 1 is 1.00 bits per heavy atom. The molecule has 0 unspecified atom stereocenters. The van der Waals surface area contributed by atoms with Crippen LogP contribution >= 0.6 is 23.2 Å². The summed E-state index contributed by atoms with van der Waals surface area (Å²) < 4.78 is 0. The van der Waals surface area contributed by atoms with Crippen LogP contribution in [0.15, 0.2) is 42.5 Å². The van der Waals surface area contributed by atoms with E-state index in [1.165, 1.54) is 0 Å². The molecule has 1 atom stereocenters. The summed E-state index contributed by atoms with van der Waals surface area (Å²) in [5.41, 5.74) is 8.78. The average molecular weight is 266 g/mol. The fourth-order valence-corrected chi connectivity index (χ4v) is 2.39. The summed E-state index contributed by atoms with van der Waals surface area (Å²) in [7, 11) is 0. The summed E-state index contributed by atoms with van der Waals surface area (Å²) >= 11 is 12.2. The number of hydrogen-bond acceptors (Lipinski definition) is 1. The molecule has 0 saturated carbocycles. The maximum atomic E-state index is 6.19. The average Bonchev–Trinajstić information content (AvgIpc) is 2.32. The van der Waals surface area contributed by atoms with Gasteiger partial charge in [-0.05, 0) is 35.4 Å². The maximum Gasteiger partial charge on any atom is 0.0444 e. The van der Waals surface area contributed by atoms with Gasteiger partial charge in [0.1, 0.15) is 0 Å². The first-order chi connectivity index (χ1) is 8.09. The normalized spacial score (nSPS) is 12.4. The zero-order valence-electron chi connectivity index (χ0n) is 9.45. The Hall–Kier alpha value is -1.18. The van der Waals surface area contributed by atoms with E-state index in [2.05, 4.69) is 6.92 Å². The third-order valence-corrected chi connectivity index (χ3v) is 3.47. The van der Waals surface area contributed by atoms with Gasteiger partial charge in [0, 0.05) is 21.7 Å². The van der Waals surface area contributed by atoms with Gasteiger partial charge < -0.3 is 5.73 Å². The lowest BCUT2D eigenvalue weighted by Gasteiger charge is -2.16. The van der Waals surface area contributed by atoms with Gasteiger partial charge >= 0.3 is 0 Å². The van der Waals surface area contributed by atoms with Crippen LogP contribution < -0.4 is 5.73 Å².